The minimum absolute atomic E-state index is 0.206. The fourth-order valence-corrected chi connectivity index (χ4v) is 2.00. The molecule has 0 saturated carbocycles. The van der Waals surface area contributed by atoms with Crippen LogP contribution >= 0.6 is 0 Å². The number of rotatable bonds is 4. The van der Waals surface area contributed by atoms with Crippen molar-refractivity contribution in [3.63, 3.8) is 0 Å². The van der Waals surface area contributed by atoms with Crippen LogP contribution in [0, 0.1) is 6.92 Å². The molecular weight excluding hydrogens is 258 g/mol. The van der Waals surface area contributed by atoms with Crippen molar-refractivity contribution in [1.82, 2.24) is 0 Å². The maximum atomic E-state index is 13.1. The first kappa shape index (κ1) is 14.1. The summed E-state index contributed by atoms with van der Waals surface area (Å²) < 4.78 is 26.2. The average molecular weight is 272 g/mol. The van der Waals surface area contributed by atoms with Crippen molar-refractivity contribution in [2.24, 2.45) is 0 Å². The molecule has 0 saturated heterocycles. The Kier molecular flexibility index (Phi) is 4.41. The summed E-state index contributed by atoms with van der Waals surface area (Å²) in [7, 11) is 0. The minimum Gasteiger partial charge on any atom is -0.294 e. The first-order valence-corrected chi connectivity index (χ1v) is 6.27. The van der Waals surface area contributed by atoms with Gasteiger partial charge in [-0.15, -0.1) is 0 Å². The third kappa shape index (κ3) is 3.38. The van der Waals surface area contributed by atoms with E-state index in [0.717, 1.165) is 5.56 Å². The van der Waals surface area contributed by atoms with E-state index in [1.54, 1.807) is 48.5 Å². The first-order chi connectivity index (χ1) is 9.58. The third-order valence-corrected chi connectivity index (χ3v) is 3.03. The van der Waals surface area contributed by atoms with Crippen LogP contribution in [0.25, 0.3) is 5.57 Å². The fraction of sp³-hybridized carbons (Fsp3) is 0.118. The number of hydrogen-bond acceptors (Lipinski definition) is 1. The van der Waals surface area contributed by atoms with E-state index < -0.39 is 6.08 Å². The quantitative estimate of drug-likeness (QED) is 0.725. The number of carbonyl (C=O) groups excluding carboxylic acids is 1. The van der Waals surface area contributed by atoms with Crippen LogP contribution in [0.4, 0.5) is 8.78 Å². The molecule has 0 heterocycles. The number of benzene rings is 2. The van der Waals surface area contributed by atoms with E-state index in [1.807, 2.05) is 13.0 Å². The Morgan fingerprint density at radius 2 is 1.60 bits per heavy atom. The van der Waals surface area contributed by atoms with Crippen LogP contribution in [0.15, 0.2) is 60.7 Å². The SMILES string of the molecule is Cc1cccc(C(CC(=O)c2ccccc2)=C(F)F)c1. The molecule has 20 heavy (non-hydrogen) atoms. The van der Waals surface area contributed by atoms with Gasteiger partial charge in [0.2, 0.25) is 0 Å². The molecule has 2 aromatic rings. The average Bonchev–Trinajstić information content (AvgIpc) is 2.45. The summed E-state index contributed by atoms with van der Waals surface area (Å²) in [6, 6.07) is 15.3. The summed E-state index contributed by atoms with van der Waals surface area (Å²) in [4.78, 5) is 12.1. The Morgan fingerprint density at radius 3 is 2.20 bits per heavy atom. The van der Waals surface area contributed by atoms with Gasteiger partial charge in [0, 0.05) is 17.6 Å². The number of Topliss-reactive ketones (excluding diaryl/α,β-unsaturated/α-hetero) is 1. The number of allylic oxidation sites excluding steroid dienone is 1. The predicted octanol–water partition coefficient (Wildman–Crippen LogP) is 4.88. The summed E-state index contributed by atoms with van der Waals surface area (Å²) in [5.74, 6) is -0.310. The number of halogens is 2. The van der Waals surface area contributed by atoms with Crippen LogP contribution in [-0.4, -0.2) is 5.78 Å². The standard InChI is InChI=1S/C17H14F2O/c1-12-6-5-9-14(10-12)15(17(18)19)11-16(20)13-7-3-2-4-8-13/h2-10H,11H2,1H3. The molecule has 1 nitrogen and oxygen atoms in total. The van der Waals surface area contributed by atoms with Gasteiger partial charge in [0.1, 0.15) is 0 Å². The van der Waals surface area contributed by atoms with E-state index >= 15 is 0 Å². The van der Waals surface area contributed by atoms with E-state index in [-0.39, 0.29) is 17.8 Å². The van der Waals surface area contributed by atoms with Gasteiger partial charge in [-0.25, -0.2) is 0 Å². The lowest BCUT2D eigenvalue weighted by Gasteiger charge is -2.07. The van der Waals surface area contributed by atoms with Crippen molar-refractivity contribution in [2.45, 2.75) is 13.3 Å². The van der Waals surface area contributed by atoms with Gasteiger partial charge in [-0.05, 0) is 12.5 Å². The lowest BCUT2D eigenvalue weighted by Crippen LogP contribution is -2.01. The second-order valence-corrected chi connectivity index (χ2v) is 4.57. The third-order valence-electron chi connectivity index (χ3n) is 3.03. The fourth-order valence-electron chi connectivity index (χ4n) is 2.00. The van der Waals surface area contributed by atoms with Crippen LogP contribution in [-0.2, 0) is 0 Å². The summed E-state index contributed by atoms with van der Waals surface area (Å²) in [6.45, 7) is 1.83. The minimum atomic E-state index is -1.81. The van der Waals surface area contributed by atoms with Crippen molar-refractivity contribution in [2.75, 3.05) is 0 Å². The molecule has 2 rings (SSSR count). The molecule has 0 bridgehead atoms. The molecular formula is C17H14F2O. The van der Waals surface area contributed by atoms with Crippen LogP contribution in [0.5, 0.6) is 0 Å². The van der Waals surface area contributed by atoms with Crippen LogP contribution in [0.2, 0.25) is 0 Å². The van der Waals surface area contributed by atoms with Crippen molar-refractivity contribution < 1.29 is 13.6 Å². The highest BCUT2D eigenvalue weighted by Crippen LogP contribution is 2.26. The smallest absolute Gasteiger partial charge is 0.274 e. The maximum Gasteiger partial charge on any atom is 0.274 e. The van der Waals surface area contributed by atoms with Gasteiger partial charge in [-0.3, -0.25) is 4.79 Å². The van der Waals surface area contributed by atoms with E-state index in [0.29, 0.717) is 11.1 Å². The van der Waals surface area contributed by atoms with Crippen molar-refractivity contribution in [3.05, 3.63) is 77.4 Å². The highest BCUT2D eigenvalue weighted by atomic mass is 19.3. The summed E-state index contributed by atoms with van der Waals surface area (Å²) in [6.07, 6.45) is -2.10. The second kappa shape index (κ2) is 6.24. The molecule has 3 heteroatoms. The van der Waals surface area contributed by atoms with E-state index in [1.165, 1.54) is 0 Å². The van der Waals surface area contributed by atoms with Gasteiger partial charge in [0.25, 0.3) is 6.08 Å². The van der Waals surface area contributed by atoms with Crippen molar-refractivity contribution in [1.29, 1.82) is 0 Å². The van der Waals surface area contributed by atoms with Gasteiger partial charge in [-0.2, -0.15) is 8.78 Å². The molecule has 0 aliphatic heterocycles. The van der Waals surface area contributed by atoms with Gasteiger partial charge in [0.05, 0.1) is 0 Å². The highest BCUT2D eigenvalue weighted by molar-refractivity contribution is 6.02. The lowest BCUT2D eigenvalue weighted by molar-refractivity contribution is 0.0997. The zero-order valence-electron chi connectivity index (χ0n) is 11.1. The molecule has 0 unspecified atom stereocenters. The molecule has 0 radical (unpaired) electrons. The molecule has 0 spiro atoms. The Morgan fingerprint density at radius 1 is 0.950 bits per heavy atom. The van der Waals surface area contributed by atoms with E-state index in [4.69, 9.17) is 0 Å². The van der Waals surface area contributed by atoms with Gasteiger partial charge in [0.15, 0.2) is 5.78 Å². The molecule has 0 aliphatic carbocycles. The molecule has 0 fully saturated rings. The second-order valence-electron chi connectivity index (χ2n) is 4.57. The van der Waals surface area contributed by atoms with Gasteiger partial charge in [-0.1, -0.05) is 60.2 Å². The zero-order valence-corrected chi connectivity index (χ0v) is 11.1. The Bertz CT molecular complexity index is 641. The van der Waals surface area contributed by atoms with E-state index in [9.17, 15) is 13.6 Å². The van der Waals surface area contributed by atoms with Crippen LogP contribution < -0.4 is 0 Å². The van der Waals surface area contributed by atoms with Crippen molar-refractivity contribution in [3.8, 4) is 0 Å². The molecule has 0 N–H and O–H groups in total. The molecule has 0 aliphatic rings. The molecule has 0 aromatic heterocycles. The highest BCUT2D eigenvalue weighted by Gasteiger charge is 2.15. The summed E-state index contributed by atoms with van der Waals surface area (Å²) >= 11 is 0. The monoisotopic (exact) mass is 272 g/mol. The van der Waals surface area contributed by atoms with Crippen LogP contribution in [0.3, 0.4) is 0 Å². The topological polar surface area (TPSA) is 17.1 Å². The summed E-state index contributed by atoms with van der Waals surface area (Å²) in [5, 5.41) is 0. The molecule has 0 atom stereocenters. The lowest BCUT2D eigenvalue weighted by atomic mass is 9.97. The van der Waals surface area contributed by atoms with E-state index in [2.05, 4.69) is 0 Å². The maximum absolute atomic E-state index is 13.1. The zero-order chi connectivity index (χ0) is 14.5. The number of aryl methyl sites for hydroxylation is 1. The first-order valence-electron chi connectivity index (χ1n) is 6.27. The number of hydrogen-bond donors (Lipinski definition) is 0. The van der Waals surface area contributed by atoms with Gasteiger partial charge < -0.3 is 0 Å². The Labute approximate surface area is 116 Å². The largest absolute Gasteiger partial charge is 0.294 e. The molecule has 2 aromatic carbocycles. The number of carbonyl (C=O) groups is 1. The van der Waals surface area contributed by atoms with Gasteiger partial charge >= 0.3 is 0 Å². The molecule has 0 amide bonds. The predicted molar refractivity (Wildman–Crippen MR) is 75.7 cm³/mol. The normalized spacial score (nSPS) is 10.2. The Balaban J connectivity index is 2.29. The van der Waals surface area contributed by atoms with Crippen LogP contribution in [0.1, 0.15) is 27.9 Å². The summed E-state index contributed by atoms with van der Waals surface area (Å²) in [5.41, 5.74) is 1.52. The van der Waals surface area contributed by atoms with Crippen molar-refractivity contribution >= 4 is 11.4 Å². The molecule has 102 valence electrons. The number of ketones is 1. The Hall–Kier alpha value is -2.29.